The van der Waals surface area contributed by atoms with E-state index in [0.29, 0.717) is 22.1 Å². The van der Waals surface area contributed by atoms with Gasteiger partial charge in [-0.1, -0.05) is 49.6 Å². The van der Waals surface area contributed by atoms with E-state index < -0.39 is 0 Å². The van der Waals surface area contributed by atoms with Crippen LogP contribution in [0.25, 0.3) is 11.0 Å². The van der Waals surface area contributed by atoms with Crippen LogP contribution in [0.2, 0.25) is 0 Å². The van der Waals surface area contributed by atoms with E-state index in [-0.39, 0.29) is 55.2 Å². The number of nitrogens with zero attached hydrogens (tertiary/aromatic N) is 2. The van der Waals surface area contributed by atoms with Gasteiger partial charge in [-0.2, -0.15) is 0 Å². The van der Waals surface area contributed by atoms with Crippen LogP contribution < -0.4 is 5.43 Å². The van der Waals surface area contributed by atoms with Crippen molar-refractivity contribution in [2.24, 2.45) is 5.92 Å². The van der Waals surface area contributed by atoms with E-state index in [9.17, 15) is 18.8 Å². The molecule has 0 spiro atoms. The highest BCUT2D eigenvalue weighted by Crippen LogP contribution is 2.25. The molecule has 0 atom stereocenters. The predicted molar refractivity (Wildman–Crippen MR) is 136 cm³/mol. The van der Waals surface area contributed by atoms with Crippen LogP contribution >= 0.6 is 0 Å². The van der Waals surface area contributed by atoms with Crippen molar-refractivity contribution in [3.63, 3.8) is 0 Å². The normalized spacial score (nSPS) is 13.9. The van der Waals surface area contributed by atoms with Crippen molar-refractivity contribution in [2.75, 3.05) is 13.1 Å². The minimum atomic E-state index is -0.373. The minimum absolute atomic E-state index is 0.00290. The molecule has 1 aliphatic carbocycles. The maximum absolute atomic E-state index is 13.6. The van der Waals surface area contributed by atoms with E-state index >= 15 is 0 Å². The van der Waals surface area contributed by atoms with E-state index in [1.807, 2.05) is 0 Å². The molecule has 36 heavy (non-hydrogen) atoms. The molecular formula is C29H31FN2O4. The van der Waals surface area contributed by atoms with Crippen molar-refractivity contribution < 1.29 is 18.4 Å². The smallest absolute Gasteiger partial charge is 0.242 e. The SMILES string of the molecule is C=CCN(CC(=O)N(Cc1ccc(F)cc1)Cc1coc2ccccc2c1=O)C(=O)C1CCCCC1. The highest BCUT2D eigenvalue weighted by Gasteiger charge is 2.28. The van der Waals surface area contributed by atoms with Crippen LogP contribution in [0.4, 0.5) is 4.39 Å². The third-order valence-electron chi connectivity index (χ3n) is 6.69. The first-order valence-corrected chi connectivity index (χ1v) is 12.4. The van der Waals surface area contributed by atoms with Gasteiger partial charge in [-0.05, 0) is 42.7 Å². The number of hydrogen-bond donors (Lipinski definition) is 0. The molecule has 6 nitrogen and oxygen atoms in total. The Balaban J connectivity index is 1.59. The zero-order chi connectivity index (χ0) is 25.5. The lowest BCUT2D eigenvalue weighted by atomic mass is 9.88. The lowest BCUT2D eigenvalue weighted by Crippen LogP contribution is -2.45. The fourth-order valence-corrected chi connectivity index (χ4v) is 4.73. The summed E-state index contributed by atoms with van der Waals surface area (Å²) >= 11 is 0. The van der Waals surface area contributed by atoms with E-state index in [1.165, 1.54) is 23.3 Å². The number of amides is 2. The summed E-state index contributed by atoms with van der Waals surface area (Å²) < 4.78 is 19.1. The first kappa shape index (κ1) is 25.4. The lowest BCUT2D eigenvalue weighted by Gasteiger charge is -2.30. The summed E-state index contributed by atoms with van der Waals surface area (Å²) in [7, 11) is 0. The molecule has 1 aromatic heterocycles. The molecule has 0 aliphatic heterocycles. The monoisotopic (exact) mass is 490 g/mol. The Labute approximate surface area is 210 Å². The molecule has 7 heteroatoms. The molecule has 0 N–H and O–H groups in total. The molecule has 0 saturated heterocycles. The number of benzene rings is 2. The largest absolute Gasteiger partial charge is 0.464 e. The maximum Gasteiger partial charge on any atom is 0.242 e. The molecule has 1 heterocycles. The molecule has 1 fully saturated rings. The summed E-state index contributed by atoms with van der Waals surface area (Å²) in [6.07, 6.45) is 7.82. The molecular weight excluding hydrogens is 459 g/mol. The van der Waals surface area contributed by atoms with Crippen LogP contribution in [-0.4, -0.2) is 34.7 Å². The Morgan fingerprint density at radius 1 is 1.00 bits per heavy atom. The van der Waals surface area contributed by atoms with Crippen LogP contribution in [0.15, 0.2) is 76.7 Å². The summed E-state index contributed by atoms with van der Waals surface area (Å²) in [5.74, 6) is -0.792. The standard InChI is InChI=1S/C29H31FN2O4/c1-2-16-31(29(35)22-8-4-3-5-9-22)19-27(33)32(17-21-12-14-24(30)15-13-21)18-23-20-36-26-11-7-6-10-25(26)28(23)34/h2,6-7,10-15,20,22H,1,3-5,8-9,16-19H2. The molecule has 0 bridgehead atoms. The van der Waals surface area contributed by atoms with Crippen LogP contribution in [0.1, 0.15) is 43.2 Å². The van der Waals surface area contributed by atoms with Gasteiger partial charge in [0.25, 0.3) is 0 Å². The van der Waals surface area contributed by atoms with Crippen LogP contribution in [-0.2, 0) is 22.7 Å². The Morgan fingerprint density at radius 2 is 1.72 bits per heavy atom. The van der Waals surface area contributed by atoms with Gasteiger partial charge in [-0.15, -0.1) is 6.58 Å². The van der Waals surface area contributed by atoms with Gasteiger partial charge in [0.2, 0.25) is 11.8 Å². The second-order valence-electron chi connectivity index (χ2n) is 9.30. The second-order valence-corrected chi connectivity index (χ2v) is 9.30. The van der Waals surface area contributed by atoms with Crippen molar-refractivity contribution in [3.05, 3.63) is 94.6 Å². The zero-order valence-electron chi connectivity index (χ0n) is 20.3. The molecule has 2 aromatic carbocycles. The Hall–Kier alpha value is -3.74. The fraction of sp³-hybridized carbons (Fsp3) is 0.345. The summed E-state index contributed by atoms with van der Waals surface area (Å²) in [4.78, 5) is 42.9. The summed E-state index contributed by atoms with van der Waals surface area (Å²) in [5, 5.41) is 0.435. The maximum atomic E-state index is 13.6. The summed E-state index contributed by atoms with van der Waals surface area (Å²) in [5.41, 5.74) is 1.30. The average Bonchev–Trinajstić information content (AvgIpc) is 2.91. The van der Waals surface area contributed by atoms with Crippen molar-refractivity contribution in [1.82, 2.24) is 9.80 Å². The van der Waals surface area contributed by atoms with E-state index in [1.54, 1.807) is 47.4 Å². The molecule has 1 saturated carbocycles. The van der Waals surface area contributed by atoms with Crippen molar-refractivity contribution in [3.8, 4) is 0 Å². The third-order valence-corrected chi connectivity index (χ3v) is 6.69. The first-order valence-electron chi connectivity index (χ1n) is 12.4. The van der Waals surface area contributed by atoms with Gasteiger partial charge in [-0.3, -0.25) is 14.4 Å². The highest BCUT2D eigenvalue weighted by atomic mass is 19.1. The van der Waals surface area contributed by atoms with Crippen LogP contribution in [0, 0.1) is 11.7 Å². The summed E-state index contributed by atoms with van der Waals surface area (Å²) in [6.45, 7) is 4.06. The topological polar surface area (TPSA) is 70.8 Å². The zero-order valence-corrected chi connectivity index (χ0v) is 20.3. The number of fused-ring (bicyclic) bond motifs is 1. The molecule has 0 unspecified atom stereocenters. The number of para-hydroxylation sites is 1. The van der Waals surface area contributed by atoms with Gasteiger partial charge < -0.3 is 14.2 Å². The fourth-order valence-electron chi connectivity index (χ4n) is 4.73. The van der Waals surface area contributed by atoms with Crippen molar-refractivity contribution in [1.29, 1.82) is 0 Å². The lowest BCUT2D eigenvalue weighted by molar-refractivity contribution is -0.143. The molecule has 3 aromatic rings. The molecule has 188 valence electrons. The van der Waals surface area contributed by atoms with Crippen molar-refractivity contribution in [2.45, 2.75) is 45.2 Å². The third kappa shape index (κ3) is 6.08. The van der Waals surface area contributed by atoms with Gasteiger partial charge in [0.05, 0.1) is 23.8 Å². The van der Waals surface area contributed by atoms with Gasteiger partial charge in [0.15, 0.2) is 5.43 Å². The Morgan fingerprint density at radius 3 is 2.44 bits per heavy atom. The molecule has 2 amide bonds. The van der Waals surface area contributed by atoms with E-state index in [4.69, 9.17) is 4.42 Å². The number of carbonyl (C=O) groups is 2. The molecule has 4 rings (SSSR count). The van der Waals surface area contributed by atoms with Gasteiger partial charge >= 0.3 is 0 Å². The van der Waals surface area contributed by atoms with Gasteiger partial charge in [0.1, 0.15) is 17.9 Å². The van der Waals surface area contributed by atoms with E-state index in [0.717, 1.165) is 32.1 Å². The van der Waals surface area contributed by atoms with E-state index in [2.05, 4.69) is 6.58 Å². The minimum Gasteiger partial charge on any atom is -0.464 e. The predicted octanol–water partition coefficient (Wildman–Crippen LogP) is 5.06. The van der Waals surface area contributed by atoms with Crippen LogP contribution in [0.5, 0.6) is 0 Å². The van der Waals surface area contributed by atoms with Gasteiger partial charge in [0, 0.05) is 19.0 Å². The second kappa shape index (κ2) is 11.8. The Kier molecular flexibility index (Phi) is 8.31. The summed E-state index contributed by atoms with van der Waals surface area (Å²) in [6, 6.07) is 12.8. The quantitative estimate of drug-likeness (QED) is 0.393. The molecule has 0 radical (unpaired) electrons. The van der Waals surface area contributed by atoms with Gasteiger partial charge in [-0.25, -0.2) is 4.39 Å². The number of rotatable bonds is 9. The average molecular weight is 491 g/mol. The highest BCUT2D eigenvalue weighted by molar-refractivity contribution is 5.86. The first-order chi connectivity index (χ1) is 17.5. The van der Waals surface area contributed by atoms with Crippen LogP contribution in [0.3, 0.4) is 0 Å². The molecule has 1 aliphatic rings. The van der Waals surface area contributed by atoms with Crippen molar-refractivity contribution >= 4 is 22.8 Å². The number of carbonyl (C=O) groups excluding carboxylic acids is 2. The number of halogens is 1. The number of hydrogen-bond acceptors (Lipinski definition) is 4. The Bertz CT molecular complexity index is 1280.